The lowest BCUT2D eigenvalue weighted by Gasteiger charge is -2.29. The molecule has 114 heavy (non-hydrogen) atoms. The number of aliphatic hydroxyl groups is 1. The standard InChI is InChI=1S/C77H105ClN20O15S/c1-7-41(6)65-76(113)94-58(36-99)67(104)87-35-61(101)88-51(20-14-26-84-77(82)83)68(105)93-57(32-60(80)100)70(107)92-56(30-46-34-86-53-31-47(78)23-24-49(46)53)73(110)96-63(39(2)3)74(111)90-52(19-12-13-25-79)69(106)91-55(29-45-33-85-50-18-11-10-17-48(45)50)72(109)97-64(40(4)5)75(112)95-59(66(81)103)37-114-38-62(102)89-54(71(108)98-65)28-42-21-22-43-15-8-9-16-44(43)27-42/h8-11,15-18,21-24,27,31,33-34,39-41,51-52,54-59,63-65,85-86,99H,7,12-14,19-20,25-26,28-30,32,35-38,79H2,1-6H3,(H2,80,100)(H2,81,103)(H,87,104)(H,88,101)(H,89,102)(H,90,111)(H,91,106)(H,92,107)(H,93,105)(H,94,113)(H,95,112)(H,96,110)(H,97,109)(H,98,108)(H4,82,83,84)/t41-,51-,52-,54-,55-,56-,57-,58-,59-,63-,64-,65-/m0/s1. The van der Waals surface area contributed by atoms with Crippen molar-refractivity contribution in [2.45, 2.75) is 172 Å². The number of aliphatic hydroxyl groups excluding tert-OH is 1. The fourth-order valence-corrected chi connectivity index (χ4v) is 13.9. The first-order chi connectivity index (χ1) is 54.3. The van der Waals surface area contributed by atoms with Crippen LogP contribution in [0.15, 0.2) is 97.3 Å². The van der Waals surface area contributed by atoms with Crippen molar-refractivity contribution in [1.29, 1.82) is 5.41 Å². The molecule has 25 N–H and O–H groups in total. The predicted octanol–water partition coefficient (Wildman–Crippen LogP) is -1.22. The molecule has 616 valence electrons. The summed E-state index contributed by atoms with van der Waals surface area (Å²) in [4.78, 5) is 207. The number of aromatic amines is 2. The van der Waals surface area contributed by atoms with Gasteiger partial charge in [0.2, 0.25) is 82.7 Å². The van der Waals surface area contributed by atoms with Crippen LogP contribution >= 0.6 is 23.4 Å². The molecule has 1 aliphatic heterocycles. The SMILES string of the molecule is CC[C@H](C)[C@@H]1NC(=O)[C@H](Cc2ccc3ccccc3c2)NC(=O)CSC[C@@H](C(N)=O)NC(=O)[C@H](C(C)C)NC(=O)[C@H](Cc2c[nH]c3ccccc23)NC(=O)[C@H](CCCCN)NC(=O)[C@H](C(C)C)NC(=O)[C@H](Cc2c[nH]c3cc(Cl)ccc23)NC(=O)[C@H](CC(N)=O)NC(=O)[C@H](CCCNC(=N)N)NC(=O)CNC(=O)[C@H](CO)NC1=O. The van der Waals surface area contributed by atoms with Gasteiger partial charge in [0.1, 0.15) is 66.5 Å². The third-order valence-corrected chi connectivity index (χ3v) is 20.7. The van der Waals surface area contributed by atoms with E-state index in [2.05, 4.69) is 79.1 Å². The second kappa shape index (κ2) is 43.6. The third kappa shape index (κ3) is 26.6. The van der Waals surface area contributed by atoms with Crippen molar-refractivity contribution in [2.75, 3.05) is 37.7 Å². The van der Waals surface area contributed by atoms with E-state index in [0.29, 0.717) is 49.9 Å². The highest BCUT2D eigenvalue weighted by molar-refractivity contribution is 8.00. The first kappa shape index (κ1) is 89.8. The summed E-state index contributed by atoms with van der Waals surface area (Å²) < 4.78 is 0. The Morgan fingerprint density at radius 2 is 1.04 bits per heavy atom. The highest BCUT2D eigenvalue weighted by Crippen LogP contribution is 2.25. The second-order valence-corrected chi connectivity index (χ2v) is 30.3. The molecule has 14 amide bonds. The molecule has 2 aromatic heterocycles. The minimum Gasteiger partial charge on any atom is -0.394 e. The van der Waals surface area contributed by atoms with Crippen LogP contribution in [0.4, 0.5) is 0 Å². The number of H-pyrrole nitrogens is 2. The number of nitrogens with one attached hydrogen (secondary N) is 16. The first-order valence-corrected chi connectivity index (χ1v) is 39.2. The number of rotatable bonds is 22. The number of hydrogen-bond donors (Lipinski definition) is 21. The van der Waals surface area contributed by atoms with Crippen LogP contribution in [0, 0.1) is 23.2 Å². The number of primary amides is 2. The highest BCUT2D eigenvalue weighted by Gasteiger charge is 2.39. The number of hydrogen-bond acceptors (Lipinski definition) is 18. The summed E-state index contributed by atoms with van der Waals surface area (Å²) >= 11 is 7.20. The zero-order chi connectivity index (χ0) is 83.5. The van der Waals surface area contributed by atoms with Gasteiger partial charge in [0.25, 0.3) is 0 Å². The summed E-state index contributed by atoms with van der Waals surface area (Å²) in [6.45, 7) is 7.99. The number of carbonyl (C=O) groups is 14. The number of para-hydroxylation sites is 1. The summed E-state index contributed by atoms with van der Waals surface area (Å²) in [7, 11) is 0. The van der Waals surface area contributed by atoms with Crippen molar-refractivity contribution in [3.05, 3.63) is 119 Å². The lowest BCUT2D eigenvalue weighted by Crippen LogP contribution is -2.62. The van der Waals surface area contributed by atoms with Crippen LogP contribution in [-0.2, 0) is 86.4 Å². The van der Waals surface area contributed by atoms with Crippen molar-refractivity contribution in [3.8, 4) is 0 Å². The molecule has 35 nitrogen and oxygen atoms in total. The molecule has 3 heterocycles. The van der Waals surface area contributed by atoms with Crippen LogP contribution in [0.5, 0.6) is 0 Å². The van der Waals surface area contributed by atoms with Gasteiger partial charge in [-0.05, 0) is 102 Å². The average Bonchev–Trinajstić information content (AvgIpc) is 1.66. The number of thioether (sulfide) groups is 1. The van der Waals surface area contributed by atoms with Gasteiger partial charge >= 0.3 is 0 Å². The van der Waals surface area contributed by atoms with Gasteiger partial charge < -0.3 is 107 Å². The van der Waals surface area contributed by atoms with E-state index < -0.39 is 198 Å². The van der Waals surface area contributed by atoms with Crippen molar-refractivity contribution in [3.63, 3.8) is 0 Å². The molecule has 12 atom stereocenters. The van der Waals surface area contributed by atoms with E-state index in [1.165, 1.54) is 0 Å². The molecule has 7 rings (SSSR count). The maximum Gasteiger partial charge on any atom is 0.245 e. The van der Waals surface area contributed by atoms with Gasteiger partial charge in [-0.25, -0.2) is 0 Å². The van der Waals surface area contributed by atoms with Gasteiger partial charge in [0.05, 0.1) is 25.3 Å². The number of carbonyl (C=O) groups excluding carboxylic acids is 14. The van der Waals surface area contributed by atoms with Crippen LogP contribution in [0.25, 0.3) is 32.6 Å². The minimum absolute atomic E-state index is 0.0170. The molecule has 1 fully saturated rings. The normalized spacial score (nSPS) is 23.0. The van der Waals surface area contributed by atoms with E-state index in [4.69, 9.17) is 39.9 Å². The van der Waals surface area contributed by atoms with Crippen LogP contribution in [0.1, 0.15) is 103 Å². The smallest absolute Gasteiger partial charge is 0.245 e. The Labute approximate surface area is 667 Å². The Balaban J connectivity index is 1.27. The topological polar surface area (TPSA) is 575 Å². The zero-order valence-corrected chi connectivity index (χ0v) is 66.0. The number of benzene rings is 4. The third-order valence-electron chi connectivity index (χ3n) is 19.4. The molecular formula is C77H105ClN20O15S. The van der Waals surface area contributed by atoms with Gasteiger partial charge in [0.15, 0.2) is 5.96 Å². The molecule has 6 aromatic rings. The van der Waals surface area contributed by atoms with E-state index in [1.807, 2.05) is 36.4 Å². The number of nitrogens with two attached hydrogens (primary N) is 4. The summed E-state index contributed by atoms with van der Waals surface area (Å²) in [5.74, 6) is -16.8. The van der Waals surface area contributed by atoms with Crippen LogP contribution < -0.4 is 92.1 Å². The summed E-state index contributed by atoms with van der Waals surface area (Å²) in [5, 5.41) is 55.4. The Morgan fingerprint density at radius 1 is 0.535 bits per heavy atom. The summed E-state index contributed by atoms with van der Waals surface area (Å²) in [6, 6.07) is 7.80. The number of unbranched alkanes of at least 4 members (excludes halogenated alkanes) is 1. The van der Waals surface area contributed by atoms with E-state index in [-0.39, 0.29) is 70.2 Å². The number of halogens is 1. The summed E-state index contributed by atoms with van der Waals surface area (Å²) in [5.41, 5.74) is 25.8. The van der Waals surface area contributed by atoms with Gasteiger partial charge in [-0.3, -0.25) is 72.5 Å². The second-order valence-electron chi connectivity index (χ2n) is 28.9. The molecule has 37 heteroatoms. The van der Waals surface area contributed by atoms with Crippen LogP contribution in [0.2, 0.25) is 5.02 Å². The van der Waals surface area contributed by atoms with Gasteiger partial charge in [-0.15, -0.1) is 11.8 Å². The number of fused-ring (bicyclic) bond motifs is 3. The molecule has 0 bridgehead atoms. The Bertz CT molecular complexity index is 4460. The minimum atomic E-state index is -1.88. The summed E-state index contributed by atoms with van der Waals surface area (Å²) in [6.07, 6.45) is 2.27. The largest absolute Gasteiger partial charge is 0.394 e. The molecule has 0 unspecified atom stereocenters. The molecule has 0 saturated carbocycles. The van der Waals surface area contributed by atoms with Crippen LogP contribution in [0.3, 0.4) is 0 Å². The Hall–Kier alpha value is -11.4. The fourth-order valence-electron chi connectivity index (χ4n) is 12.8. The van der Waals surface area contributed by atoms with E-state index >= 15 is 14.4 Å². The number of aromatic nitrogens is 2. The van der Waals surface area contributed by atoms with Crippen molar-refractivity contribution in [2.24, 2.45) is 40.7 Å². The van der Waals surface area contributed by atoms with Gasteiger partial charge in [-0.2, -0.15) is 0 Å². The maximum absolute atomic E-state index is 15.1. The molecule has 0 aliphatic carbocycles. The first-order valence-electron chi connectivity index (χ1n) is 37.7. The van der Waals surface area contributed by atoms with Gasteiger partial charge in [-0.1, -0.05) is 126 Å². The monoisotopic (exact) mass is 1620 g/mol. The van der Waals surface area contributed by atoms with E-state index in [1.54, 1.807) is 102 Å². The molecular weight excluding hydrogens is 1510 g/mol. The van der Waals surface area contributed by atoms with Crippen molar-refractivity contribution < 1.29 is 72.2 Å². The highest BCUT2D eigenvalue weighted by atomic mass is 35.5. The van der Waals surface area contributed by atoms with Gasteiger partial charge in [0, 0.05) is 70.8 Å². The number of amides is 14. The quantitative estimate of drug-likeness (QED) is 0.0215. The van der Waals surface area contributed by atoms with Crippen molar-refractivity contribution in [1.82, 2.24) is 79.1 Å². The molecule has 1 aliphatic rings. The predicted molar refractivity (Wildman–Crippen MR) is 430 cm³/mol. The zero-order valence-electron chi connectivity index (χ0n) is 64.4. The molecule has 0 radical (unpaired) electrons. The average molecular weight is 1620 g/mol. The molecule has 4 aromatic carbocycles. The van der Waals surface area contributed by atoms with E-state index in [9.17, 15) is 57.8 Å². The molecule has 0 spiro atoms. The lowest BCUT2D eigenvalue weighted by atomic mass is 9.96. The lowest BCUT2D eigenvalue weighted by molar-refractivity contribution is -0.137. The molecule has 1 saturated heterocycles. The Kier molecular flexibility index (Phi) is 34.4. The maximum atomic E-state index is 15.1. The fraction of sp³-hybridized carbons (Fsp3) is 0.468. The van der Waals surface area contributed by atoms with Crippen LogP contribution in [-0.4, -0.2) is 208 Å². The van der Waals surface area contributed by atoms with E-state index in [0.717, 1.165) is 22.5 Å². The van der Waals surface area contributed by atoms with Crippen molar-refractivity contribution >= 4 is 145 Å². The number of guanidine groups is 1. The Morgan fingerprint density at radius 3 is 1.64 bits per heavy atom.